The van der Waals surface area contributed by atoms with Gasteiger partial charge in [-0.1, -0.05) is 31.0 Å². The minimum Gasteiger partial charge on any atom is -0.497 e. The fourth-order valence-electron chi connectivity index (χ4n) is 4.77. The SMILES string of the molecule is COc1ccc(C2=NN(C(=O)CN(C)C(=O)C3CCCC3)C(c3ccccc3F)C2)c(OC)c1. The van der Waals surface area contributed by atoms with Gasteiger partial charge in [0.05, 0.1) is 26.0 Å². The van der Waals surface area contributed by atoms with Crippen molar-refractivity contribution in [1.29, 1.82) is 0 Å². The van der Waals surface area contributed by atoms with Crippen molar-refractivity contribution in [3.8, 4) is 11.5 Å². The highest BCUT2D eigenvalue weighted by Crippen LogP contribution is 2.37. The molecule has 1 fully saturated rings. The number of amides is 2. The van der Waals surface area contributed by atoms with Crippen LogP contribution in [0.5, 0.6) is 11.5 Å². The van der Waals surface area contributed by atoms with Gasteiger partial charge in [-0.15, -0.1) is 0 Å². The van der Waals surface area contributed by atoms with Crippen molar-refractivity contribution in [3.63, 3.8) is 0 Å². The minimum atomic E-state index is -0.620. The monoisotopic (exact) mass is 467 g/mol. The molecular formula is C26H30FN3O4. The maximum Gasteiger partial charge on any atom is 0.262 e. The lowest BCUT2D eigenvalue weighted by molar-refractivity contribution is -0.142. The maximum atomic E-state index is 14.8. The number of rotatable bonds is 7. The van der Waals surface area contributed by atoms with Crippen LogP contribution in [0.2, 0.25) is 0 Å². The van der Waals surface area contributed by atoms with Gasteiger partial charge in [-0.2, -0.15) is 5.10 Å². The summed E-state index contributed by atoms with van der Waals surface area (Å²) in [4.78, 5) is 27.6. The third kappa shape index (κ3) is 4.76. The van der Waals surface area contributed by atoms with E-state index >= 15 is 0 Å². The Hall–Kier alpha value is -3.42. The van der Waals surface area contributed by atoms with E-state index < -0.39 is 11.9 Å². The van der Waals surface area contributed by atoms with Crippen LogP contribution in [-0.2, 0) is 9.59 Å². The van der Waals surface area contributed by atoms with E-state index in [9.17, 15) is 14.0 Å². The van der Waals surface area contributed by atoms with Crippen molar-refractivity contribution < 1.29 is 23.5 Å². The normalized spacial score (nSPS) is 18.1. The van der Waals surface area contributed by atoms with Gasteiger partial charge in [-0.25, -0.2) is 9.40 Å². The predicted octanol–water partition coefficient (Wildman–Crippen LogP) is 4.17. The average molecular weight is 468 g/mol. The summed E-state index contributed by atoms with van der Waals surface area (Å²) in [6.45, 7) is -0.114. The van der Waals surface area contributed by atoms with Gasteiger partial charge in [0.25, 0.3) is 5.91 Å². The van der Waals surface area contributed by atoms with Crippen molar-refractivity contribution >= 4 is 17.5 Å². The molecule has 2 aromatic carbocycles. The molecule has 1 atom stereocenters. The molecule has 0 aromatic heterocycles. The Kier molecular flexibility index (Phi) is 7.14. The van der Waals surface area contributed by atoms with E-state index in [1.807, 2.05) is 6.07 Å². The molecule has 34 heavy (non-hydrogen) atoms. The predicted molar refractivity (Wildman–Crippen MR) is 126 cm³/mol. The number of methoxy groups -OCH3 is 2. The second-order valence-electron chi connectivity index (χ2n) is 8.77. The fourth-order valence-corrected chi connectivity index (χ4v) is 4.77. The Bertz CT molecular complexity index is 1100. The van der Waals surface area contributed by atoms with Crippen molar-refractivity contribution in [1.82, 2.24) is 9.91 Å². The molecule has 1 heterocycles. The van der Waals surface area contributed by atoms with Crippen molar-refractivity contribution in [2.45, 2.75) is 38.1 Å². The second-order valence-corrected chi connectivity index (χ2v) is 8.77. The third-order valence-corrected chi connectivity index (χ3v) is 6.60. The molecule has 1 aliphatic heterocycles. The summed E-state index contributed by atoms with van der Waals surface area (Å²) in [5.41, 5.74) is 1.69. The van der Waals surface area contributed by atoms with Gasteiger partial charge in [0, 0.05) is 36.6 Å². The Morgan fingerprint density at radius 3 is 2.53 bits per heavy atom. The molecule has 0 radical (unpaired) electrons. The summed E-state index contributed by atoms with van der Waals surface area (Å²) < 4.78 is 25.6. The molecule has 2 aromatic rings. The van der Waals surface area contributed by atoms with E-state index in [1.54, 1.807) is 51.6 Å². The van der Waals surface area contributed by atoms with Crippen LogP contribution >= 0.6 is 0 Å². The molecule has 1 aliphatic carbocycles. The zero-order valence-corrected chi connectivity index (χ0v) is 19.8. The number of ether oxygens (including phenoxy) is 2. The lowest BCUT2D eigenvalue weighted by atomic mass is 9.97. The first kappa shape index (κ1) is 23.7. The fraction of sp³-hybridized carbons (Fsp3) is 0.423. The molecule has 7 nitrogen and oxygen atoms in total. The second kappa shape index (κ2) is 10.2. The van der Waals surface area contributed by atoms with E-state index in [1.165, 1.54) is 16.0 Å². The van der Waals surface area contributed by atoms with E-state index in [2.05, 4.69) is 5.10 Å². The van der Waals surface area contributed by atoms with Crippen molar-refractivity contribution in [2.75, 3.05) is 27.8 Å². The first-order chi connectivity index (χ1) is 16.4. The number of benzene rings is 2. The summed E-state index contributed by atoms with van der Waals surface area (Å²) in [6.07, 6.45) is 4.11. The largest absolute Gasteiger partial charge is 0.497 e. The highest BCUT2D eigenvalue weighted by Gasteiger charge is 2.36. The highest BCUT2D eigenvalue weighted by molar-refractivity contribution is 6.05. The number of likely N-dealkylation sites (N-methyl/N-ethyl adjacent to an activating group) is 1. The van der Waals surface area contributed by atoms with Crippen molar-refractivity contribution in [2.24, 2.45) is 11.0 Å². The molecular weight excluding hydrogens is 437 g/mol. The summed E-state index contributed by atoms with van der Waals surface area (Å²) in [7, 11) is 4.76. The lowest BCUT2D eigenvalue weighted by Crippen LogP contribution is -2.41. The van der Waals surface area contributed by atoms with Crippen LogP contribution in [0.15, 0.2) is 47.6 Å². The Balaban J connectivity index is 1.63. The van der Waals surface area contributed by atoms with Crippen LogP contribution in [0.25, 0.3) is 0 Å². The zero-order chi connectivity index (χ0) is 24.2. The smallest absolute Gasteiger partial charge is 0.262 e. The number of hydrazone groups is 1. The van der Waals surface area contributed by atoms with E-state index in [0.29, 0.717) is 34.8 Å². The summed E-state index contributed by atoms with van der Waals surface area (Å²) in [6, 6.07) is 11.1. The number of halogens is 1. The molecule has 2 amide bonds. The molecule has 1 unspecified atom stereocenters. The van der Waals surface area contributed by atoms with Gasteiger partial charge in [0.2, 0.25) is 5.91 Å². The number of hydrogen-bond acceptors (Lipinski definition) is 5. The van der Waals surface area contributed by atoms with E-state index in [0.717, 1.165) is 25.7 Å². The number of carbonyl (C=O) groups excluding carboxylic acids is 2. The quantitative estimate of drug-likeness (QED) is 0.613. The number of nitrogens with zero attached hydrogens (tertiary/aromatic N) is 3. The van der Waals surface area contributed by atoms with Gasteiger partial charge >= 0.3 is 0 Å². The minimum absolute atomic E-state index is 0.0199. The summed E-state index contributed by atoms with van der Waals surface area (Å²) in [5.74, 6) is 0.372. The Labute approximate surface area is 199 Å². The molecule has 0 spiro atoms. The van der Waals surface area contributed by atoms with Crippen LogP contribution in [0.3, 0.4) is 0 Å². The van der Waals surface area contributed by atoms with Crippen LogP contribution < -0.4 is 9.47 Å². The van der Waals surface area contributed by atoms with Crippen LogP contribution in [0.1, 0.15) is 49.3 Å². The molecule has 0 saturated heterocycles. The molecule has 8 heteroatoms. The molecule has 2 aliphatic rings. The molecule has 4 rings (SSSR count). The summed E-state index contributed by atoms with van der Waals surface area (Å²) in [5, 5.41) is 5.92. The summed E-state index contributed by atoms with van der Waals surface area (Å²) >= 11 is 0. The highest BCUT2D eigenvalue weighted by atomic mass is 19.1. The van der Waals surface area contributed by atoms with E-state index in [4.69, 9.17) is 9.47 Å². The molecule has 0 N–H and O–H groups in total. The van der Waals surface area contributed by atoms with Crippen molar-refractivity contribution in [3.05, 3.63) is 59.4 Å². The topological polar surface area (TPSA) is 71.4 Å². The van der Waals surface area contributed by atoms with Gasteiger partial charge in [-0.05, 0) is 31.0 Å². The van der Waals surface area contributed by atoms with Gasteiger partial charge in [0.1, 0.15) is 23.9 Å². The number of hydrogen-bond donors (Lipinski definition) is 0. The first-order valence-corrected chi connectivity index (χ1v) is 11.5. The lowest BCUT2D eigenvalue weighted by Gasteiger charge is -2.26. The van der Waals surface area contributed by atoms with Crippen LogP contribution in [0.4, 0.5) is 4.39 Å². The van der Waals surface area contributed by atoms with Gasteiger partial charge in [0.15, 0.2) is 0 Å². The van der Waals surface area contributed by atoms with Gasteiger partial charge < -0.3 is 14.4 Å². The van der Waals surface area contributed by atoms with Gasteiger partial charge in [-0.3, -0.25) is 9.59 Å². The standard InChI is InChI=1S/C26H30FN3O4/c1-29(26(32)17-8-4-5-9-17)16-25(31)30-23(19-10-6-7-11-21(19)27)15-22(28-30)20-13-12-18(33-2)14-24(20)34-3/h6-7,10-14,17,23H,4-5,8-9,15-16H2,1-3H3. The average Bonchev–Trinajstić information content (AvgIpc) is 3.54. The number of carbonyl (C=O) groups is 2. The first-order valence-electron chi connectivity index (χ1n) is 11.5. The third-order valence-electron chi connectivity index (χ3n) is 6.60. The molecule has 1 saturated carbocycles. The Morgan fingerprint density at radius 1 is 1.12 bits per heavy atom. The molecule has 0 bridgehead atoms. The van der Waals surface area contributed by atoms with Crippen LogP contribution in [-0.4, -0.2) is 55.2 Å². The molecule has 180 valence electrons. The van der Waals surface area contributed by atoms with Crippen LogP contribution in [0, 0.1) is 11.7 Å². The van der Waals surface area contributed by atoms with E-state index in [-0.39, 0.29) is 24.3 Å². The zero-order valence-electron chi connectivity index (χ0n) is 19.8. The maximum absolute atomic E-state index is 14.8. The Morgan fingerprint density at radius 2 is 1.85 bits per heavy atom.